The zero-order chi connectivity index (χ0) is 22.2. The fourth-order valence-electron chi connectivity index (χ4n) is 3.43. The molecular formula is C26H25N5O. The van der Waals surface area contributed by atoms with Crippen molar-refractivity contribution in [3.05, 3.63) is 108 Å². The minimum Gasteiger partial charge on any atom is -0.348 e. The second kappa shape index (κ2) is 10.3. The monoisotopic (exact) mass is 423 g/mol. The molecule has 0 atom stereocenters. The van der Waals surface area contributed by atoms with Crippen molar-refractivity contribution in [3.63, 3.8) is 0 Å². The van der Waals surface area contributed by atoms with Crippen LogP contribution in [0.5, 0.6) is 0 Å². The molecule has 1 aromatic heterocycles. The molecule has 1 amide bonds. The van der Waals surface area contributed by atoms with Crippen LogP contribution in [0, 0.1) is 6.92 Å². The summed E-state index contributed by atoms with van der Waals surface area (Å²) in [5.41, 5.74) is 9.03. The maximum atomic E-state index is 12.7. The first kappa shape index (κ1) is 21.2. The van der Waals surface area contributed by atoms with Crippen molar-refractivity contribution in [2.75, 3.05) is 11.6 Å². The number of aliphatic imine (C=N–C) groups is 1. The highest BCUT2D eigenvalue weighted by Gasteiger charge is 2.12. The highest BCUT2D eigenvalue weighted by molar-refractivity contribution is 6.01. The standard InChI is InChI=1S/C26H25N5O/c1-20-8-7-11-22(16-20)26(32)29-19-31(30-15-14-23-17-27-18-28-23)25-13-6-5-12-24(25)21-9-3-2-4-10-21/h2-13,16-19,30H,14-15H2,1H3,(H,27,28). The topological polar surface area (TPSA) is 73.4 Å². The Morgan fingerprint density at radius 3 is 2.66 bits per heavy atom. The molecule has 0 saturated carbocycles. The van der Waals surface area contributed by atoms with Gasteiger partial charge in [0.15, 0.2) is 0 Å². The molecular weight excluding hydrogens is 398 g/mol. The quantitative estimate of drug-likeness (QED) is 0.242. The van der Waals surface area contributed by atoms with Crippen LogP contribution in [0.25, 0.3) is 11.1 Å². The van der Waals surface area contributed by atoms with E-state index in [0.717, 1.165) is 34.5 Å². The molecule has 0 saturated heterocycles. The lowest BCUT2D eigenvalue weighted by Gasteiger charge is -2.23. The number of benzene rings is 3. The Hall–Kier alpha value is -4.03. The molecule has 6 heteroatoms. The van der Waals surface area contributed by atoms with Crippen molar-refractivity contribution < 1.29 is 4.79 Å². The van der Waals surface area contributed by atoms with Crippen LogP contribution >= 0.6 is 0 Å². The lowest BCUT2D eigenvalue weighted by atomic mass is 10.0. The van der Waals surface area contributed by atoms with Crippen LogP contribution in [0.1, 0.15) is 21.6 Å². The fraction of sp³-hybridized carbons (Fsp3) is 0.115. The lowest BCUT2D eigenvalue weighted by molar-refractivity contribution is 0.100. The summed E-state index contributed by atoms with van der Waals surface area (Å²) in [6.07, 6.45) is 5.78. The number of aromatic amines is 1. The zero-order valence-corrected chi connectivity index (χ0v) is 17.9. The first-order valence-electron chi connectivity index (χ1n) is 10.5. The maximum absolute atomic E-state index is 12.7. The summed E-state index contributed by atoms with van der Waals surface area (Å²) in [7, 11) is 0. The van der Waals surface area contributed by atoms with E-state index < -0.39 is 0 Å². The van der Waals surface area contributed by atoms with Gasteiger partial charge in [-0.3, -0.25) is 9.80 Å². The van der Waals surface area contributed by atoms with Gasteiger partial charge in [0, 0.05) is 36.0 Å². The third kappa shape index (κ3) is 5.36. The van der Waals surface area contributed by atoms with Gasteiger partial charge in [-0.25, -0.2) is 10.4 Å². The maximum Gasteiger partial charge on any atom is 0.278 e. The van der Waals surface area contributed by atoms with E-state index in [4.69, 9.17) is 0 Å². The number of carbonyl (C=O) groups is 1. The van der Waals surface area contributed by atoms with Gasteiger partial charge in [-0.2, -0.15) is 4.99 Å². The second-order valence-electron chi connectivity index (χ2n) is 7.41. The van der Waals surface area contributed by atoms with Gasteiger partial charge >= 0.3 is 0 Å². The van der Waals surface area contributed by atoms with Gasteiger partial charge in [0.1, 0.15) is 6.34 Å². The molecule has 0 bridgehead atoms. The van der Waals surface area contributed by atoms with Gasteiger partial charge in [0.25, 0.3) is 5.91 Å². The van der Waals surface area contributed by atoms with E-state index in [0.29, 0.717) is 12.1 Å². The third-order valence-corrected chi connectivity index (χ3v) is 5.04. The number of H-pyrrole nitrogens is 1. The summed E-state index contributed by atoms with van der Waals surface area (Å²) in [5, 5.41) is 1.81. The largest absolute Gasteiger partial charge is 0.348 e. The van der Waals surface area contributed by atoms with E-state index in [-0.39, 0.29) is 5.91 Å². The molecule has 0 fully saturated rings. The van der Waals surface area contributed by atoms with E-state index in [1.807, 2.05) is 66.5 Å². The van der Waals surface area contributed by atoms with Crippen LogP contribution in [0.15, 0.2) is 96.4 Å². The number of carbonyl (C=O) groups excluding carboxylic acids is 1. The van der Waals surface area contributed by atoms with Gasteiger partial charge in [0.05, 0.1) is 12.0 Å². The van der Waals surface area contributed by atoms with Crippen LogP contribution in [0.4, 0.5) is 5.69 Å². The first-order chi connectivity index (χ1) is 15.7. The normalized spacial score (nSPS) is 11.0. The fourth-order valence-corrected chi connectivity index (χ4v) is 3.43. The molecule has 0 aliphatic heterocycles. The molecule has 32 heavy (non-hydrogen) atoms. The number of nitrogens with one attached hydrogen (secondary N) is 2. The summed E-state index contributed by atoms with van der Waals surface area (Å²) in [6.45, 7) is 2.59. The molecule has 4 rings (SSSR count). The van der Waals surface area contributed by atoms with Gasteiger partial charge < -0.3 is 4.98 Å². The Bertz CT molecular complexity index is 1190. The lowest BCUT2D eigenvalue weighted by Crippen LogP contribution is -2.39. The van der Waals surface area contributed by atoms with Crippen LogP contribution in [0.3, 0.4) is 0 Å². The van der Waals surface area contributed by atoms with Crippen molar-refractivity contribution in [2.24, 2.45) is 4.99 Å². The molecule has 4 aromatic rings. The van der Waals surface area contributed by atoms with E-state index >= 15 is 0 Å². The molecule has 0 radical (unpaired) electrons. The molecule has 3 aromatic carbocycles. The average Bonchev–Trinajstić information content (AvgIpc) is 3.35. The number of aryl methyl sites for hydroxylation is 1. The first-order valence-corrected chi connectivity index (χ1v) is 10.5. The highest BCUT2D eigenvalue weighted by Crippen LogP contribution is 2.29. The number of hydrazine groups is 1. The molecule has 6 nitrogen and oxygen atoms in total. The van der Waals surface area contributed by atoms with Crippen LogP contribution in [0.2, 0.25) is 0 Å². The van der Waals surface area contributed by atoms with Crippen LogP contribution < -0.4 is 10.4 Å². The van der Waals surface area contributed by atoms with Gasteiger partial charge in [-0.1, -0.05) is 66.2 Å². The van der Waals surface area contributed by atoms with Gasteiger partial charge in [-0.05, 0) is 30.7 Å². The number of amides is 1. The molecule has 0 aliphatic carbocycles. The third-order valence-electron chi connectivity index (χ3n) is 5.04. The van der Waals surface area contributed by atoms with Crippen LogP contribution in [-0.4, -0.2) is 28.8 Å². The predicted molar refractivity (Wildman–Crippen MR) is 129 cm³/mol. The Balaban J connectivity index is 1.61. The number of para-hydroxylation sites is 1. The van der Waals surface area contributed by atoms with E-state index in [9.17, 15) is 4.79 Å². The Kier molecular flexibility index (Phi) is 6.84. The number of aromatic nitrogens is 2. The number of anilines is 1. The predicted octanol–water partition coefficient (Wildman–Crippen LogP) is 4.81. The van der Waals surface area contributed by atoms with Crippen molar-refractivity contribution in [1.29, 1.82) is 0 Å². The smallest absolute Gasteiger partial charge is 0.278 e. The van der Waals surface area contributed by atoms with E-state index in [1.165, 1.54) is 0 Å². The van der Waals surface area contributed by atoms with Gasteiger partial charge in [-0.15, -0.1) is 0 Å². The summed E-state index contributed by atoms with van der Waals surface area (Å²) in [4.78, 5) is 24.1. The second-order valence-corrected chi connectivity index (χ2v) is 7.41. The van der Waals surface area contributed by atoms with Gasteiger partial charge in [0.2, 0.25) is 0 Å². The molecule has 0 unspecified atom stereocenters. The van der Waals surface area contributed by atoms with Crippen molar-refractivity contribution in [1.82, 2.24) is 15.4 Å². The minimum absolute atomic E-state index is 0.286. The van der Waals surface area contributed by atoms with Crippen molar-refractivity contribution in [3.8, 4) is 11.1 Å². The molecule has 0 aliphatic rings. The van der Waals surface area contributed by atoms with Crippen molar-refractivity contribution in [2.45, 2.75) is 13.3 Å². The highest BCUT2D eigenvalue weighted by atomic mass is 16.1. The Morgan fingerprint density at radius 1 is 1.06 bits per heavy atom. The van der Waals surface area contributed by atoms with Crippen molar-refractivity contribution >= 4 is 17.9 Å². The minimum atomic E-state index is -0.286. The molecule has 1 heterocycles. The molecule has 160 valence electrons. The van der Waals surface area contributed by atoms with Crippen LogP contribution in [-0.2, 0) is 6.42 Å². The van der Waals surface area contributed by atoms with E-state index in [1.54, 1.807) is 24.9 Å². The summed E-state index contributed by atoms with van der Waals surface area (Å²) >= 11 is 0. The average molecular weight is 424 g/mol. The summed E-state index contributed by atoms with van der Waals surface area (Å²) < 4.78 is 0. The Labute approximate surface area is 187 Å². The number of nitrogens with zero attached hydrogens (tertiary/aromatic N) is 3. The number of imidazole rings is 1. The number of rotatable bonds is 8. The van der Waals surface area contributed by atoms with E-state index in [2.05, 4.69) is 38.6 Å². The zero-order valence-electron chi connectivity index (χ0n) is 17.9. The molecule has 2 N–H and O–H groups in total. The summed E-state index contributed by atoms with van der Waals surface area (Å²) in [5.74, 6) is -0.286. The number of hydrogen-bond acceptors (Lipinski definition) is 3. The number of hydrogen-bond donors (Lipinski definition) is 2. The molecule has 0 spiro atoms. The summed E-state index contributed by atoms with van der Waals surface area (Å²) in [6, 6.07) is 25.6. The Morgan fingerprint density at radius 2 is 1.88 bits per heavy atom. The SMILES string of the molecule is Cc1cccc(C(=O)N=CN(NCCc2cnc[nH]2)c2ccccc2-c2ccccc2)c1.